The van der Waals surface area contributed by atoms with Gasteiger partial charge in [0.1, 0.15) is 0 Å². The fraction of sp³-hybridized carbons (Fsp3) is 0.846. The first-order chi connectivity index (χ1) is 8.29. The van der Waals surface area contributed by atoms with E-state index in [1.165, 1.54) is 32.2 Å². The van der Waals surface area contributed by atoms with Gasteiger partial charge in [-0.2, -0.15) is 0 Å². The fourth-order valence-corrected chi connectivity index (χ4v) is 2.91. The molecule has 0 amide bonds. The van der Waals surface area contributed by atoms with E-state index in [2.05, 4.69) is 28.7 Å². The van der Waals surface area contributed by atoms with Crippen LogP contribution >= 0.6 is 0 Å². The van der Waals surface area contributed by atoms with Gasteiger partial charge in [0.25, 0.3) is 0 Å². The van der Waals surface area contributed by atoms with Crippen molar-refractivity contribution in [2.24, 2.45) is 18.9 Å². The Kier molecular flexibility index (Phi) is 4.54. The summed E-state index contributed by atoms with van der Waals surface area (Å²) in [5, 5.41) is 11.7. The first-order valence-corrected chi connectivity index (χ1v) is 6.85. The smallest absolute Gasteiger partial charge is 0.0829 e. The lowest BCUT2D eigenvalue weighted by Crippen LogP contribution is -2.31. The van der Waals surface area contributed by atoms with Crippen molar-refractivity contribution in [3.05, 3.63) is 11.9 Å². The van der Waals surface area contributed by atoms with Gasteiger partial charge in [-0.3, -0.25) is 4.68 Å². The Morgan fingerprint density at radius 2 is 2.12 bits per heavy atom. The van der Waals surface area contributed by atoms with Gasteiger partial charge >= 0.3 is 0 Å². The highest BCUT2D eigenvalue weighted by molar-refractivity contribution is 4.96. The summed E-state index contributed by atoms with van der Waals surface area (Å²) in [7, 11) is 1.94. The predicted molar refractivity (Wildman–Crippen MR) is 68.7 cm³/mol. The van der Waals surface area contributed by atoms with Crippen molar-refractivity contribution in [3.63, 3.8) is 0 Å². The summed E-state index contributed by atoms with van der Waals surface area (Å²) in [4.78, 5) is 0. The van der Waals surface area contributed by atoms with Crippen LogP contribution in [0.2, 0.25) is 0 Å². The molecule has 0 aromatic carbocycles. The molecule has 0 radical (unpaired) electrons. The summed E-state index contributed by atoms with van der Waals surface area (Å²) < 4.78 is 1.80. The lowest BCUT2D eigenvalue weighted by Gasteiger charge is -2.31. The van der Waals surface area contributed by atoms with Crippen LogP contribution < -0.4 is 5.32 Å². The third-order valence-corrected chi connectivity index (χ3v) is 3.84. The maximum atomic E-state index is 4.22. The van der Waals surface area contributed by atoms with Crippen LogP contribution in [-0.2, 0) is 13.5 Å². The van der Waals surface area contributed by atoms with Crippen LogP contribution in [0.25, 0.3) is 0 Å². The Morgan fingerprint density at radius 1 is 1.35 bits per heavy atom. The standard InChI is InChI=1S/C13H24N4/c1-3-14-9-12-7-5-4-6-11(12)8-13-10-17(2)16-15-13/h10-12,14H,3-9H2,1-2H3. The molecule has 0 aliphatic heterocycles. The van der Waals surface area contributed by atoms with Crippen LogP contribution in [0.3, 0.4) is 0 Å². The minimum Gasteiger partial charge on any atom is -0.317 e. The molecule has 1 aromatic rings. The summed E-state index contributed by atoms with van der Waals surface area (Å²) in [6.07, 6.45) is 8.66. The quantitative estimate of drug-likeness (QED) is 0.847. The van der Waals surface area contributed by atoms with Crippen molar-refractivity contribution < 1.29 is 0 Å². The molecule has 1 aromatic heterocycles. The van der Waals surface area contributed by atoms with Crippen LogP contribution in [0.4, 0.5) is 0 Å². The van der Waals surface area contributed by atoms with Crippen molar-refractivity contribution in [1.29, 1.82) is 0 Å². The minimum absolute atomic E-state index is 0.791. The van der Waals surface area contributed by atoms with Gasteiger partial charge in [-0.1, -0.05) is 25.0 Å². The molecule has 4 nitrogen and oxygen atoms in total. The normalized spacial score (nSPS) is 25.1. The van der Waals surface area contributed by atoms with E-state index < -0.39 is 0 Å². The Morgan fingerprint density at radius 3 is 2.76 bits per heavy atom. The van der Waals surface area contributed by atoms with E-state index in [0.29, 0.717) is 0 Å². The van der Waals surface area contributed by atoms with E-state index in [-0.39, 0.29) is 0 Å². The molecular weight excluding hydrogens is 212 g/mol. The Bertz CT molecular complexity index is 334. The maximum Gasteiger partial charge on any atom is 0.0829 e. The average molecular weight is 236 g/mol. The molecule has 1 saturated carbocycles. The minimum atomic E-state index is 0.791. The monoisotopic (exact) mass is 236 g/mol. The maximum absolute atomic E-state index is 4.22. The molecule has 1 aliphatic rings. The SMILES string of the molecule is CCNCC1CCCCC1Cc1cn(C)nn1. The fourth-order valence-electron chi connectivity index (χ4n) is 2.91. The third-order valence-electron chi connectivity index (χ3n) is 3.84. The summed E-state index contributed by atoms with van der Waals surface area (Å²) in [6, 6.07) is 0. The molecule has 2 atom stereocenters. The lowest BCUT2D eigenvalue weighted by atomic mass is 9.77. The van der Waals surface area contributed by atoms with Crippen molar-refractivity contribution in [1.82, 2.24) is 20.3 Å². The summed E-state index contributed by atoms with van der Waals surface area (Å²) >= 11 is 0. The van der Waals surface area contributed by atoms with Crippen molar-refractivity contribution >= 4 is 0 Å². The summed E-state index contributed by atoms with van der Waals surface area (Å²) in [5.74, 6) is 1.62. The van der Waals surface area contributed by atoms with Gasteiger partial charge in [-0.25, -0.2) is 0 Å². The molecule has 0 saturated heterocycles. The number of hydrogen-bond donors (Lipinski definition) is 1. The molecule has 96 valence electrons. The van der Waals surface area contributed by atoms with Crippen molar-refractivity contribution in [2.45, 2.75) is 39.0 Å². The van der Waals surface area contributed by atoms with Crippen LogP contribution in [0.5, 0.6) is 0 Å². The summed E-state index contributed by atoms with van der Waals surface area (Å²) in [5.41, 5.74) is 1.15. The van der Waals surface area contributed by atoms with Gasteiger partial charge in [0.15, 0.2) is 0 Å². The number of rotatable bonds is 5. The average Bonchev–Trinajstić information content (AvgIpc) is 2.74. The second-order valence-corrected chi connectivity index (χ2v) is 5.20. The van der Waals surface area contributed by atoms with Crippen LogP contribution in [0, 0.1) is 11.8 Å². The topological polar surface area (TPSA) is 42.7 Å². The third kappa shape index (κ3) is 3.53. The molecule has 4 heteroatoms. The van der Waals surface area contributed by atoms with E-state index in [0.717, 1.165) is 30.5 Å². The predicted octanol–water partition coefficient (Wildman–Crippen LogP) is 1.77. The van der Waals surface area contributed by atoms with Crippen molar-refractivity contribution in [3.8, 4) is 0 Å². The molecule has 1 N–H and O–H groups in total. The second kappa shape index (κ2) is 6.15. The van der Waals surface area contributed by atoms with Gasteiger partial charge in [0.05, 0.1) is 5.69 Å². The number of nitrogens with one attached hydrogen (secondary N) is 1. The first kappa shape index (κ1) is 12.6. The first-order valence-electron chi connectivity index (χ1n) is 6.85. The van der Waals surface area contributed by atoms with Gasteiger partial charge in [-0.15, -0.1) is 5.10 Å². The zero-order valence-corrected chi connectivity index (χ0v) is 11.0. The zero-order chi connectivity index (χ0) is 12.1. The van der Waals surface area contributed by atoms with Crippen LogP contribution in [0.1, 0.15) is 38.3 Å². The van der Waals surface area contributed by atoms with Gasteiger partial charge in [0.2, 0.25) is 0 Å². The van der Waals surface area contributed by atoms with Gasteiger partial charge in [0, 0.05) is 13.2 Å². The van der Waals surface area contributed by atoms with Crippen LogP contribution in [0.15, 0.2) is 6.20 Å². The molecular formula is C13H24N4. The Balaban J connectivity index is 1.91. The number of aromatic nitrogens is 3. The van der Waals surface area contributed by atoms with E-state index >= 15 is 0 Å². The molecule has 1 aliphatic carbocycles. The van der Waals surface area contributed by atoms with E-state index in [4.69, 9.17) is 0 Å². The Hall–Kier alpha value is -0.900. The molecule has 2 unspecified atom stereocenters. The van der Waals surface area contributed by atoms with E-state index in [1.807, 2.05) is 7.05 Å². The molecule has 0 spiro atoms. The number of hydrogen-bond acceptors (Lipinski definition) is 3. The number of nitrogens with zero attached hydrogens (tertiary/aromatic N) is 3. The molecule has 1 heterocycles. The van der Waals surface area contributed by atoms with Crippen LogP contribution in [-0.4, -0.2) is 28.1 Å². The second-order valence-electron chi connectivity index (χ2n) is 5.20. The zero-order valence-electron chi connectivity index (χ0n) is 11.0. The molecule has 2 rings (SSSR count). The van der Waals surface area contributed by atoms with Crippen molar-refractivity contribution in [2.75, 3.05) is 13.1 Å². The van der Waals surface area contributed by atoms with E-state index in [9.17, 15) is 0 Å². The highest BCUT2D eigenvalue weighted by Gasteiger charge is 2.25. The highest BCUT2D eigenvalue weighted by atomic mass is 15.4. The highest BCUT2D eigenvalue weighted by Crippen LogP contribution is 2.31. The molecule has 0 bridgehead atoms. The molecule has 1 fully saturated rings. The van der Waals surface area contributed by atoms with E-state index in [1.54, 1.807) is 4.68 Å². The largest absolute Gasteiger partial charge is 0.317 e. The van der Waals surface area contributed by atoms with Gasteiger partial charge in [-0.05, 0) is 44.2 Å². The molecule has 17 heavy (non-hydrogen) atoms. The van der Waals surface area contributed by atoms with Gasteiger partial charge < -0.3 is 5.32 Å². The lowest BCUT2D eigenvalue weighted by molar-refractivity contribution is 0.228. The number of aryl methyl sites for hydroxylation is 1. The Labute approximate surface area is 104 Å². The summed E-state index contributed by atoms with van der Waals surface area (Å²) in [6.45, 7) is 4.43.